The van der Waals surface area contributed by atoms with Gasteiger partial charge in [-0.15, -0.1) is 0 Å². The van der Waals surface area contributed by atoms with Crippen LogP contribution >= 0.6 is 0 Å². The molecule has 1 aromatic rings. The van der Waals surface area contributed by atoms with Crippen molar-refractivity contribution in [3.8, 4) is 0 Å². The number of amides is 1. The van der Waals surface area contributed by atoms with E-state index in [1.165, 1.54) is 6.42 Å². The van der Waals surface area contributed by atoms with E-state index in [1.807, 2.05) is 30.0 Å². The first-order chi connectivity index (χ1) is 8.65. The molecule has 1 aliphatic rings. The second kappa shape index (κ2) is 5.42. The number of hydrogen-bond donors (Lipinski definition) is 1. The molecular formula is C15H22N2O. The Bertz CT molecular complexity index is 442. The number of para-hydroxylation sites is 1. The highest BCUT2D eigenvalue weighted by atomic mass is 16.2. The summed E-state index contributed by atoms with van der Waals surface area (Å²) >= 11 is 0. The summed E-state index contributed by atoms with van der Waals surface area (Å²) < 4.78 is 0. The molecule has 1 aromatic carbocycles. The molecule has 1 fully saturated rings. The molecule has 0 radical (unpaired) electrons. The monoisotopic (exact) mass is 246 g/mol. The van der Waals surface area contributed by atoms with Crippen LogP contribution in [-0.2, 0) is 0 Å². The van der Waals surface area contributed by atoms with Crippen molar-refractivity contribution >= 4 is 11.6 Å². The fourth-order valence-corrected chi connectivity index (χ4v) is 2.71. The van der Waals surface area contributed by atoms with Crippen LogP contribution in [0.2, 0.25) is 0 Å². The molecule has 0 bridgehead atoms. The van der Waals surface area contributed by atoms with Crippen molar-refractivity contribution in [1.82, 2.24) is 4.90 Å². The second-order valence-corrected chi connectivity index (χ2v) is 5.09. The van der Waals surface area contributed by atoms with Gasteiger partial charge in [-0.25, -0.2) is 0 Å². The van der Waals surface area contributed by atoms with Gasteiger partial charge in [0.1, 0.15) is 0 Å². The van der Waals surface area contributed by atoms with Crippen molar-refractivity contribution in [3.05, 3.63) is 29.3 Å². The maximum absolute atomic E-state index is 12.6. The molecular weight excluding hydrogens is 224 g/mol. The van der Waals surface area contributed by atoms with E-state index in [0.29, 0.717) is 17.3 Å². The maximum atomic E-state index is 12.6. The summed E-state index contributed by atoms with van der Waals surface area (Å²) in [4.78, 5) is 14.6. The molecule has 98 valence electrons. The Morgan fingerprint density at radius 3 is 2.94 bits per heavy atom. The number of nitrogens with zero attached hydrogens (tertiary/aromatic N) is 1. The molecule has 0 aromatic heterocycles. The standard InChI is InChI=1S/C15H22N2O/c1-3-12-8-4-5-10-17(12)15(18)13-9-6-7-11(2)14(13)16/h6-7,9,12H,3-5,8,10,16H2,1-2H3. The van der Waals surface area contributed by atoms with Crippen LogP contribution < -0.4 is 5.73 Å². The number of nitrogens with two attached hydrogens (primary N) is 1. The van der Waals surface area contributed by atoms with Crippen LogP contribution in [0.15, 0.2) is 18.2 Å². The topological polar surface area (TPSA) is 46.3 Å². The van der Waals surface area contributed by atoms with Crippen LogP contribution in [0.4, 0.5) is 5.69 Å². The van der Waals surface area contributed by atoms with E-state index in [2.05, 4.69) is 6.92 Å². The van der Waals surface area contributed by atoms with Crippen molar-refractivity contribution in [2.75, 3.05) is 12.3 Å². The van der Waals surface area contributed by atoms with Crippen LogP contribution in [0.25, 0.3) is 0 Å². The van der Waals surface area contributed by atoms with Gasteiger partial charge in [0, 0.05) is 18.3 Å². The van der Waals surface area contributed by atoms with Crippen LogP contribution in [0.5, 0.6) is 0 Å². The number of carbonyl (C=O) groups excluding carboxylic acids is 1. The van der Waals surface area contributed by atoms with E-state index in [9.17, 15) is 4.79 Å². The highest BCUT2D eigenvalue weighted by Gasteiger charge is 2.27. The molecule has 2 rings (SSSR count). The van der Waals surface area contributed by atoms with Gasteiger partial charge in [-0.1, -0.05) is 19.1 Å². The molecule has 0 aliphatic carbocycles. The summed E-state index contributed by atoms with van der Waals surface area (Å²) in [5.41, 5.74) is 8.30. The van der Waals surface area contributed by atoms with Crippen molar-refractivity contribution in [2.24, 2.45) is 0 Å². The van der Waals surface area contributed by atoms with Gasteiger partial charge in [0.2, 0.25) is 0 Å². The Morgan fingerprint density at radius 1 is 1.44 bits per heavy atom. The average molecular weight is 246 g/mol. The predicted molar refractivity (Wildman–Crippen MR) is 74.6 cm³/mol. The Hall–Kier alpha value is -1.51. The number of rotatable bonds is 2. The van der Waals surface area contributed by atoms with Gasteiger partial charge in [0.15, 0.2) is 0 Å². The van der Waals surface area contributed by atoms with E-state index in [-0.39, 0.29) is 5.91 Å². The Kier molecular flexibility index (Phi) is 3.90. The maximum Gasteiger partial charge on any atom is 0.256 e. The van der Waals surface area contributed by atoms with Crippen molar-refractivity contribution < 1.29 is 4.79 Å². The Balaban J connectivity index is 2.27. The van der Waals surface area contributed by atoms with Crippen LogP contribution in [0.3, 0.4) is 0 Å². The molecule has 3 nitrogen and oxygen atoms in total. The van der Waals surface area contributed by atoms with Gasteiger partial charge in [0.05, 0.1) is 5.56 Å². The normalized spacial score (nSPS) is 19.9. The molecule has 1 amide bonds. The minimum absolute atomic E-state index is 0.0998. The first kappa shape index (κ1) is 12.9. The molecule has 0 spiro atoms. The van der Waals surface area contributed by atoms with E-state index in [4.69, 9.17) is 5.73 Å². The lowest BCUT2D eigenvalue weighted by atomic mass is 9.98. The van der Waals surface area contributed by atoms with Gasteiger partial charge in [0.25, 0.3) is 5.91 Å². The molecule has 1 heterocycles. The number of carbonyl (C=O) groups is 1. The van der Waals surface area contributed by atoms with E-state index in [1.54, 1.807) is 0 Å². The first-order valence-corrected chi connectivity index (χ1v) is 6.81. The van der Waals surface area contributed by atoms with Crippen LogP contribution in [-0.4, -0.2) is 23.4 Å². The van der Waals surface area contributed by atoms with Crippen LogP contribution in [0.1, 0.15) is 48.5 Å². The van der Waals surface area contributed by atoms with Crippen LogP contribution in [0, 0.1) is 6.92 Å². The highest BCUT2D eigenvalue weighted by Crippen LogP contribution is 2.25. The SMILES string of the molecule is CCC1CCCCN1C(=O)c1cccc(C)c1N. The lowest BCUT2D eigenvalue weighted by molar-refractivity contribution is 0.0609. The molecule has 1 saturated heterocycles. The molecule has 18 heavy (non-hydrogen) atoms. The van der Waals surface area contributed by atoms with Gasteiger partial charge in [-0.2, -0.15) is 0 Å². The zero-order chi connectivity index (χ0) is 13.1. The fourth-order valence-electron chi connectivity index (χ4n) is 2.71. The van der Waals surface area contributed by atoms with Gasteiger partial charge < -0.3 is 10.6 Å². The quantitative estimate of drug-likeness (QED) is 0.815. The zero-order valence-corrected chi connectivity index (χ0v) is 11.3. The molecule has 1 unspecified atom stereocenters. The summed E-state index contributed by atoms with van der Waals surface area (Å²) in [6, 6.07) is 6.07. The van der Waals surface area contributed by atoms with Crippen molar-refractivity contribution in [2.45, 2.75) is 45.6 Å². The molecule has 1 aliphatic heterocycles. The molecule has 2 N–H and O–H groups in total. The molecule has 3 heteroatoms. The van der Waals surface area contributed by atoms with Gasteiger partial charge in [-0.05, 0) is 44.2 Å². The lowest BCUT2D eigenvalue weighted by Crippen LogP contribution is -2.43. The smallest absolute Gasteiger partial charge is 0.256 e. The number of piperidine rings is 1. The third-order valence-electron chi connectivity index (χ3n) is 3.91. The van der Waals surface area contributed by atoms with E-state index < -0.39 is 0 Å². The van der Waals surface area contributed by atoms with Crippen molar-refractivity contribution in [1.29, 1.82) is 0 Å². The number of anilines is 1. The minimum atomic E-state index is 0.0998. The number of likely N-dealkylation sites (tertiary alicyclic amines) is 1. The number of hydrogen-bond acceptors (Lipinski definition) is 2. The number of nitrogen functional groups attached to an aromatic ring is 1. The fraction of sp³-hybridized carbons (Fsp3) is 0.533. The number of aryl methyl sites for hydroxylation is 1. The average Bonchev–Trinajstić information content (AvgIpc) is 2.41. The van der Waals surface area contributed by atoms with E-state index >= 15 is 0 Å². The summed E-state index contributed by atoms with van der Waals surface area (Å²) in [5, 5.41) is 0. The van der Waals surface area contributed by atoms with E-state index in [0.717, 1.165) is 31.4 Å². The minimum Gasteiger partial charge on any atom is -0.398 e. The Morgan fingerprint density at radius 2 is 2.22 bits per heavy atom. The number of benzene rings is 1. The molecule has 1 atom stereocenters. The third kappa shape index (κ3) is 2.35. The predicted octanol–water partition coefficient (Wildman–Crippen LogP) is 2.98. The highest BCUT2D eigenvalue weighted by molar-refractivity contribution is 5.99. The Labute approximate surface area is 109 Å². The summed E-state index contributed by atoms with van der Waals surface area (Å²) in [5.74, 6) is 0.0998. The van der Waals surface area contributed by atoms with Crippen molar-refractivity contribution in [3.63, 3.8) is 0 Å². The summed E-state index contributed by atoms with van der Waals surface area (Å²) in [6.45, 7) is 4.96. The van der Waals surface area contributed by atoms with Gasteiger partial charge in [-0.3, -0.25) is 4.79 Å². The zero-order valence-electron chi connectivity index (χ0n) is 11.3. The first-order valence-electron chi connectivity index (χ1n) is 6.81. The van der Waals surface area contributed by atoms with Gasteiger partial charge >= 0.3 is 0 Å². The third-order valence-corrected chi connectivity index (χ3v) is 3.91. The summed E-state index contributed by atoms with van der Waals surface area (Å²) in [6.07, 6.45) is 4.48. The molecule has 0 saturated carbocycles. The second-order valence-electron chi connectivity index (χ2n) is 5.09. The summed E-state index contributed by atoms with van der Waals surface area (Å²) in [7, 11) is 0. The lowest BCUT2D eigenvalue weighted by Gasteiger charge is -2.35. The largest absolute Gasteiger partial charge is 0.398 e.